The maximum absolute atomic E-state index is 12.3. The van der Waals surface area contributed by atoms with Crippen LogP contribution >= 0.6 is 12.4 Å². The zero-order valence-electron chi connectivity index (χ0n) is 11.5. The Morgan fingerprint density at radius 3 is 2.75 bits per heavy atom. The molecule has 0 aromatic carbocycles. The van der Waals surface area contributed by atoms with Gasteiger partial charge in [0.15, 0.2) is 0 Å². The molecule has 1 amide bonds. The van der Waals surface area contributed by atoms with E-state index in [9.17, 15) is 14.9 Å². The number of carbonyl (C=O) groups excluding carboxylic acids is 1. The standard InChI is InChI=1S/C12H18N4O3.ClH/c1-12(2)7-15(4-3-10(12)13)11(17)9-5-8(6-14-9)16(18)19;/h5-6,10,14H,3-4,7,13H2,1-2H3;1H. The first-order valence-electron chi connectivity index (χ1n) is 6.19. The third kappa shape index (κ3) is 3.10. The van der Waals surface area contributed by atoms with Crippen molar-refractivity contribution >= 4 is 24.0 Å². The third-order valence-electron chi connectivity index (χ3n) is 3.71. The third-order valence-corrected chi connectivity index (χ3v) is 3.71. The molecule has 1 unspecified atom stereocenters. The first-order valence-corrected chi connectivity index (χ1v) is 6.19. The number of nitrogens with zero attached hydrogens (tertiary/aromatic N) is 2. The van der Waals surface area contributed by atoms with Crippen molar-refractivity contribution in [1.29, 1.82) is 0 Å². The van der Waals surface area contributed by atoms with Crippen LogP contribution in [0.2, 0.25) is 0 Å². The molecule has 1 atom stereocenters. The monoisotopic (exact) mass is 302 g/mol. The largest absolute Gasteiger partial charge is 0.351 e. The van der Waals surface area contributed by atoms with Gasteiger partial charge in [0.25, 0.3) is 11.6 Å². The molecule has 0 aliphatic carbocycles. The zero-order valence-corrected chi connectivity index (χ0v) is 12.3. The van der Waals surface area contributed by atoms with Crippen molar-refractivity contribution in [1.82, 2.24) is 9.88 Å². The SMILES string of the molecule is CC1(C)CN(C(=O)c2cc([N+](=O)[O-])c[nH]2)CCC1N.Cl. The van der Waals surface area contributed by atoms with Crippen LogP contribution in [0.5, 0.6) is 0 Å². The molecule has 0 bridgehead atoms. The Morgan fingerprint density at radius 1 is 1.60 bits per heavy atom. The minimum atomic E-state index is -0.524. The molecule has 7 nitrogen and oxygen atoms in total. The van der Waals surface area contributed by atoms with Gasteiger partial charge in [0.1, 0.15) is 5.69 Å². The Hall–Kier alpha value is -1.60. The highest BCUT2D eigenvalue weighted by Crippen LogP contribution is 2.28. The number of rotatable bonds is 2. The van der Waals surface area contributed by atoms with Crippen LogP contribution in [0.1, 0.15) is 30.8 Å². The fraction of sp³-hybridized carbons (Fsp3) is 0.583. The van der Waals surface area contributed by atoms with Crippen molar-refractivity contribution in [2.45, 2.75) is 26.3 Å². The molecule has 2 heterocycles. The van der Waals surface area contributed by atoms with Gasteiger partial charge in [-0.3, -0.25) is 14.9 Å². The van der Waals surface area contributed by atoms with Crippen LogP contribution in [0, 0.1) is 15.5 Å². The molecule has 8 heteroatoms. The molecule has 1 aromatic heterocycles. The number of hydrogen-bond acceptors (Lipinski definition) is 4. The van der Waals surface area contributed by atoms with Crippen LogP contribution < -0.4 is 5.73 Å². The van der Waals surface area contributed by atoms with E-state index in [0.717, 1.165) is 6.42 Å². The number of nitro groups is 1. The van der Waals surface area contributed by atoms with Gasteiger partial charge in [-0.25, -0.2) is 0 Å². The van der Waals surface area contributed by atoms with Crippen LogP contribution in [0.4, 0.5) is 5.69 Å². The summed E-state index contributed by atoms with van der Waals surface area (Å²) in [4.78, 5) is 26.7. The fourth-order valence-electron chi connectivity index (χ4n) is 2.33. The second-order valence-corrected chi connectivity index (χ2v) is 5.64. The number of hydrogen-bond donors (Lipinski definition) is 2. The number of nitrogens with two attached hydrogens (primary N) is 1. The molecule has 1 aliphatic rings. The van der Waals surface area contributed by atoms with E-state index in [0.29, 0.717) is 13.1 Å². The molecule has 1 saturated heterocycles. The summed E-state index contributed by atoms with van der Waals surface area (Å²) in [5.41, 5.74) is 6.02. The Balaban J connectivity index is 0.00000200. The lowest BCUT2D eigenvalue weighted by Gasteiger charge is -2.42. The van der Waals surface area contributed by atoms with E-state index in [-0.39, 0.29) is 41.2 Å². The van der Waals surface area contributed by atoms with E-state index in [1.807, 2.05) is 13.8 Å². The number of aromatic nitrogens is 1. The minimum absolute atomic E-state index is 0. The summed E-state index contributed by atoms with van der Waals surface area (Å²) < 4.78 is 0. The number of carbonyl (C=O) groups is 1. The molecule has 1 fully saturated rings. The quantitative estimate of drug-likeness (QED) is 0.638. The van der Waals surface area contributed by atoms with E-state index < -0.39 is 4.92 Å². The van der Waals surface area contributed by atoms with Crippen molar-refractivity contribution in [3.05, 3.63) is 28.1 Å². The molecule has 0 spiro atoms. The molecule has 0 radical (unpaired) electrons. The van der Waals surface area contributed by atoms with Crippen LogP contribution in [-0.2, 0) is 0 Å². The molecule has 1 aromatic rings. The maximum atomic E-state index is 12.3. The van der Waals surface area contributed by atoms with Gasteiger partial charge in [-0.1, -0.05) is 13.8 Å². The molecule has 3 N–H and O–H groups in total. The molecular weight excluding hydrogens is 284 g/mol. The highest BCUT2D eigenvalue weighted by Gasteiger charge is 2.36. The molecular formula is C12H19ClN4O3. The van der Waals surface area contributed by atoms with Crippen LogP contribution in [0.15, 0.2) is 12.3 Å². The van der Waals surface area contributed by atoms with Crippen LogP contribution in [-0.4, -0.2) is 39.8 Å². The molecule has 0 saturated carbocycles. The number of nitrogens with one attached hydrogen (secondary N) is 1. The van der Waals surface area contributed by atoms with Crippen molar-refractivity contribution in [3.8, 4) is 0 Å². The van der Waals surface area contributed by atoms with Gasteiger partial charge in [-0.2, -0.15) is 0 Å². The summed E-state index contributed by atoms with van der Waals surface area (Å²) in [6, 6.07) is 1.33. The first-order chi connectivity index (χ1) is 8.81. The van der Waals surface area contributed by atoms with Gasteiger partial charge in [-0.15, -0.1) is 12.4 Å². The maximum Gasteiger partial charge on any atom is 0.287 e. The number of halogens is 1. The first kappa shape index (κ1) is 16.5. The second kappa shape index (κ2) is 5.80. The lowest BCUT2D eigenvalue weighted by Crippen LogP contribution is -2.54. The van der Waals surface area contributed by atoms with Gasteiger partial charge in [-0.05, 0) is 11.8 Å². The van der Waals surface area contributed by atoms with Crippen molar-refractivity contribution in [3.63, 3.8) is 0 Å². The normalized spacial score (nSPS) is 21.1. The van der Waals surface area contributed by atoms with Gasteiger partial charge < -0.3 is 15.6 Å². The van der Waals surface area contributed by atoms with Gasteiger partial charge in [0.05, 0.1) is 11.1 Å². The number of piperidine rings is 1. The molecule has 112 valence electrons. The Bertz CT molecular complexity index is 515. The van der Waals surface area contributed by atoms with E-state index in [1.54, 1.807) is 4.90 Å². The van der Waals surface area contributed by atoms with E-state index in [2.05, 4.69) is 4.98 Å². The summed E-state index contributed by atoms with van der Waals surface area (Å²) in [6.07, 6.45) is 1.97. The topological polar surface area (TPSA) is 105 Å². The number of aromatic amines is 1. The van der Waals surface area contributed by atoms with Crippen molar-refractivity contribution in [2.75, 3.05) is 13.1 Å². The van der Waals surface area contributed by atoms with Gasteiger partial charge >= 0.3 is 0 Å². The van der Waals surface area contributed by atoms with E-state index >= 15 is 0 Å². The predicted octanol–water partition coefficient (Wildman–Crippen LogP) is 1.54. The predicted molar refractivity (Wildman–Crippen MR) is 77.0 cm³/mol. The lowest BCUT2D eigenvalue weighted by atomic mass is 9.79. The zero-order chi connectivity index (χ0) is 14.2. The smallest absolute Gasteiger partial charge is 0.287 e. The molecule has 2 rings (SSSR count). The lowest BCUT2D eigenvalue weighted by molar-refractivity contribution is -0.384. The highest BCUT2D eigenvalue weighted by molar-refractivity contribution is 5.93. The Labute approximate surface area is 123 Å². The number of likely N-dealkylation sites (tertiary alicyclic amines) is 1. The summed E-state index contributed by atoms with van der Waals surface area (Å²) in [5.74, 6) is -0.215. The summed E-state index contributed by atoms with van der Waals surface area (Å²) in [7, 11) is 0. The second-order valence-electron chi connectivity index (χ2n) is 5.64. The fourth-order valence-corrected chi connectivity index (χ4v) is 2.33. The highest BCUT2D eigenvalue weighted by atomic mass is 35.5. The van der Waals surface area contributed by atoms with Crippen LogP contribution in [0.25, 0.3) is 0 Å². The average Bonchev–Trinajstić information content (AvgIpc) is 2.81. The Morgan fingerprint density at radius 2 is 2.25 bits per heavy atom. The average molecular weight is 303 g/mol. The van der Waals surface area contributed by atoms with Crippen molar-refractivity contribution in [2.24, 2.45) is 11.1 Å². The summed E-state index contributed by atoms with van der Waals surface area (Å²) in [5, 5.41) is 10.6. The van der Waals surface area contributed by atoms with E-state index in [4.69, 9.17) is 5.73 Å². The number of H-pyrrole nitrogens is 1. The van der Waals surface area contributed by atoms with Crippen LogP contribution in [0.3, 0.4) is 0 Å². The van der Waals surface area contributed by atoms with E-state index in [1.165, 1.54) is 12.3 Å². The van der Waals surface area contributed by atoms with Gasteiger partial charge in [0, 0.05) is 25.2 Å². The van der Waals surface area contributed by atoms with Gasteiger partial charge in [0.2, 0.25) is 0 Å². The summed E-state index contributed by atoms with van der Waals surface area (Å²) >= 11 is 0. The molecule has 1 aliphatic heterocycles. The Kier molecular flexibility index (Phi) is 4.77. The van der Waals surface area contributed by atoms with Crippen molar-refractivity contribution < 1.29 is 9.72 Å². The summed E-state index contributed by atoms with van der Waals surface area (Å²) in [6.45, 7) is 5.18. The molecule has 20 heavy (non-hydrogen) atoms. The minimum Gasteiger partial charge on any atom is -0.351 e. The number of amides is 1.